The van der Waals surface area contributed by atoms with E-state index in [9.17, 15) is 14.7 Å². The van der Waals surface area contributed by atoms with Gasteiger partial charge in [0.25, 0.3) is 0 Å². The molecule has 0 saturated carbocycles. The van der Waals surface area contributed by atoms with E-state index in [0.717, 1.165) is 0 Å². The van der Waals surface area contributed by atoms with E-state index >= 15 is 0 Å². The molecule has 1 unspecified atom stereocenters. The first-order chi connectivity index (χ1) is 9.12. The summed E-state index contributed by atoms with van der Waals surface area (Å²) in [5.74, 6) is -1.96. The molecule has 8 heteroatoms. The van der Waals surface area contributed by atoms with Gasteiger partial charge in [-0.2, -0.15) is 0 Å². The van der Waals surface area contributed by atoms with E-state index < -0.39 is 24.5 Å². The second-order valence-electron chi connectivity index (χ2n) is 6.05. The molecule has 2 atom stereocenters. The van der Waals surface area contributed by atoms with Crippen molar-refractivity contribution in [3.05, 3.63) is 0 Å². The molecule has 0 spiro atoms. The van der Waals surface area contributed by atoms with Crippen molar-refractivity contribution in [3.8, 4) is 0 Å². The Morgan fingerprint density at radius 3 is 2.40 bits per heavy atom. The number of nitrogens with zero attached hydrogens (tertiary/aromatic N) is 1. The van der Waals surface area contributed by atoms with E-state index in [-0.39, 0.29) is 24.7 Å². The van der Waals surface area contributed by atoms with E-state index in [0.29, 0.717) is 19.4 Å². The summed E-state index contributed by atoms with van der Waals surface area (Å²) in [6, 6.07) is 0. The van der Waals surface area contributed by atoms with Crippen LogP contribution in [0.15, 0.2) is 0 Å². The van der Waals surface area contributed by atoms with E-state index in [1.165, 1.54) is 4.90 Å². The Kier molecular flexibility index (Phi) is 5.55. The number of carboxylic acid groups (broad SMARTS) is 1. The van der Waals surface area contributed by atoms with Gasteiger partial charge < -0.3 is 25.8 Å². The first kappa shape index (κ1) is 16.9. The van der Waals surface area contributed by atoms with Gasteiger partial charge in [0.1, 0.15) is 0 Å². The van der Waals surface area contributed by atoms with Crippen molar-refractivity contribution < 1.29 is 24.7 Å². The van der Waals surface area contributed by atoms with Crippen LogP contribution in [-0.4, -0.2) is 57.7 Å². The predicted octanol–water partition coefficient (Wildman–Crippen LogP) is -0.864. The molecule has 5 N–H and O–H groups in total. The molecule has 1 saturated heterocycles. The number of rotatable bonds is 6. The molecule has 114 valence electrons. The van der Waals surface area contributed by atoms with Gasteiger partial charge in [0.15, 0.2) is 0 Å². The molecule has 1 rings (SSSR count). The van der Waals surface area contributed by atoms with Crippen LogP contribution in [0.1, 0.15) is 26.7 Å². The summed E-state index contributed by atoms with van der Waals surface area (Å²) >= 11 is 0. The zero-order chi connectivity index (χ0) is 15.5. The van der Waals surface area contributed by atoms with Gasteiger partial charge in [-0.25, -0.2) is 0 Å². The van der Waals surface area contributed by atoms with Crippen LogP contribution in [0.5, 0.6) is 0 Å². The van der Waals surface area contributed by atoms with Crippen molar-refractivity contribution in [1.82, 2.24) is 4.90 Å². The van der Waals surface area contributed by atoms with Crippen LogP contribution >= 0.6 is 0 Å². The molecule has 1 amide bonds. The summed E-state index contributed by atoms with van der Waals surface area (Å²) in [5, 5.41) is 26.8. The van der Waals surface area contributed by atoms with Crippen molar-refractivity contribution in [2.75, 3.05) is 13.1 Å². The SMILES string of the molecule is CC(C)(N)C(=O)N1CC(CCCB(O)O)[C@H](C(=O)O)C1. The minimum atomic E-state index is -1.37. The summed E-state index contributed by atoms with van der Waals surface area (Å²) in [5.41, 5.74) is 4.75. The van der Waals surface area contributed by atoms with Crippen molar-refractivity contribution in [2.45, 2.75) is 38.5 Å². The largest absolute Gasteiger partial charge is 0.481 e. The standard InChI is InChI=1S/C12H23BN2O5/c1-12(2,14)11(18)15-6-8(4-3-5-13(19)20)9(7-15)10(16)17/h8-9,19-20H,3-7,14H2,1-2H3,(H,16,17)/t8?,9-/m1/s1. The lowest BCUT2D eigenvalue weighted by Crippen LogP contribution is -2.50. The quantitative estimate of drug-likeness (QED) is 0.471. The Bertz CT molecular complexity index is 369. The van der Waals surface area contributed by atoms with Gasteiger partial charge in [-0.3, -0.25) is 9.59 Å². The molecule has 20 heavy (non-hydrogen) atoms. The molecular weight excluding hydrogens is 263 g/mol. The van der Waals surface area contributed by atoms with Crippen LogP contribution in [0.2, 0.25) is 6.32 Å². The molecule has 1 aliphatic rings. The monoisotopic (exact) mass is 286 g/mol. The molecule has 0 aromatic heterocycles. The molecule has 0 bridgehead atoms. The molecule has 1 fully saturated rings. The number of hydrogen-bond acceptors (Lipinski definition) is 5. The number of carbonyl (C=O) groups excluding carboxylic acids is 1. The zero-order valence-electron chi connectivity index (χ0n) is 12.0. The Labute approximate surface area is 118 Å². The van der Waals surface area contributed by atoms with Crippen molar-refractivity contribution in [2.24, 2.45) is 17.6 Å². The molecule has 0 aromatic rings. The maximum Gasteiger partial charge on any atom is 0.451 e. The van der Waals surface area contributed by atoms with Crippen LogP contribution in [0, 0.1) is 11.8 Å². The summed E-state index contributed by atoms with van der Waals surface area (Å²) < 4.78 is 0. The molecule has 0 aromatic carbocycles. The van der Waals surface area contributed by atoms with E-state index in [1.54, 1.807) is 13.8 Å². The lowest BCUT2D eigenvalue weighted by Gasteiger charge is -2.25. The lowest BCUT2D eigenvalue weighted by molar-refractivity contribution is -0.142. The average molecular weight is 286 g/mol. The third-order valence-electron chi connectivity index (χ3n) is 3.63. The summed E-state index contributed by atoms with van der Waals surface area (Å²) in [6.07, 6.45) is 1.27. The predicted molar refractivity (Wildman–Crippen MR) is 73.7 cm³/mol. The highest BCUT2D eigenvalue weighted by Gasteiger charge is 2.41. The maximum atomic E-state index is 12.1. The number of amides is 1. The van der Waals surface area contributed by atoms with Crippen LogP contribution in [-0.2, 0) is 9.59 Å². The van der Waals surface area contributed by atoms with Crippen molar-refractivity contribution in [3.63, 3.8) is 0 Å². The van der Waals surface area contributed by atoms with Gasteiger partial charge in [-0.1, -0.05) is 6.42 Å². The fourth-order valence-corrected chi connectivity index (χ4v) is 2.58. The molecule has 1 heterocycles. The second-order valence-corrected chi connectivity index (χ2v) is 6.05. The molecular formula is C12H23BN2O5. The highest BCUT2D eigenvalue weighted by atomic mass is 16.4. The second kappa shape index (κ2) is 6.56. The van der Waals surface area contributed by atoms with Crippen LogP contribution in [0.25, 0.3) is 0 Å². The van der Waals surface area contributed by atoms with Gasteiger partial charge in [0.05, 0.1) is 11.5 Å². The van der Waals surface area contributed by atoms with E-state index in [4.69, 9.17) is 15.8 Å². The molecule has 7 nitrogen and oxygen atoms in total. The minimum absolute atomic E-state index is 0.168. The number of aliphatic carboxylic acids is 1. The fourth-order valence-electron chi connectivity index (χ4n) is 2.58. The summed E-state index contributed by atoms with van der Waals surface area (Å²) in [7, 11) is -1.37. The van der Waals surface area contributed by atoms with Crippen LogP contribution in [0.3, 0.4) is 0 Å². The van der Waals surface area contributed by atoms with E-state index in [1.807, 2.05) is 0 Å². The van der Waals surface area contributed by atoms with Gasteiger partial charge in [-0.15, -0.1) is 0 Å². The fraction of sp³-hybridized carbons (Fsp3) is 0.833. The Balaban J connectivity index is 2.65. The normalized spacial score (nSPS) is 22.9. The molecule has 0 radical (unpaired) electrons. The highest BCUT2D eigenvalue weighted by molar-refractivity contribution is 6.40. The zero-order valence-corrected chi connectivity index (χ0v) is 12.0. The van der Waals surface area contributed by atoms with Gasteiger partial charge in [0, 0.05) is 13.1 Å². The molecule has 1 aliphatic heterocycles. The van der Waals surface area contributed by atoms with Gasteiger partial charge in [0.2, 0.25) is 5.91 Å². The average Bonchev–Trinajstić information content (AvgIpc) is 2.70. The van der Waals surface area contributed by atoms with Crippen LogP contribution < -0.4 is 5.73 Å². The van der Waals surface area contributed by atoms with Crippen molar-refractivity contribution in [1.29, 1.82) is 0 Å². The Hall–Kier alpha value is -1.12. The maximum absolute atomic E-state index is 12.1. The summed E-state index contributed by atoms with van der Waals surface area (Å²) in [4.78, 5) is 24.8. The van der Waals surface area contributed by atoms with E-state index in [2.05, 4.69) is 0 Å². The minimum Gasteiger partial charge on any atom is -0.481 e. The van der Waals surface area contributed by atoms with Crippen LogP contribution in [0.4, 0.5) is 0 Å². The van der Waals surface area contributed by atoms with Gasteiger partial charge in [-0.05, 0) is 32.5 Å². The first-order valence-electron chi connectivity index (χ1n) is 6.80. The number of carboxylic acids is 1. The summed E-state index contributed by atoms with van der Waals surface area (Å²) in [6.45, 7) is 3.72. The third kappa shape index (κ3) is 4.47. The number of nitrogens with two attached hydrogens (primary N) is 1. The number of hydrogen-bond donors (Lipinski definition) is 4. The number of likely N-dealkylation sites (tertiary alicyclic amines) is 1. The number of carbonyl (C=O) groups is 2. The Morgan fingerprint density at radius 2 is 1.95 bits per heavy atom. The Morgan fingerprint density at radius 1 is 1.35 bits per heavy atom. The third-order valence-corrected chi connectivity index (χ3v) is 3.63. The highest BCUT2D eigenvalue weighted by Crippen LogP contribution is 2.29. The topological polar surface area (TPSA) is 124 Å². The van der Waals surface area contributed by atoms with Crippen molar-refractivity contribution >= 4 is 19.0 Å². The lowest BCUT2D eigenvalue weighted by atomic mass is 9.80. The van der Waals surface area contributed by atoms with Gasteiger partial charge >= 0.3 is 13.1 Å². The smallest absolute Gasteiger partial charge is 0.451 e. The molecule has 0 aliphatic carbocycles. The first-order valence-corrected chi connectivity index (χ1v) is 6.80.